The van der Waals surface area contributed by atoms with E-state index in [1.54, 1.807) is 13.0 Å². The fourth-order valence-electron chi connectivity index (χ4n) is 0.888. The van der Waals surface area contributed by atoms with Gasteiger partial charge in [0.15, 0.2) is 11.6 Å². The van der Waals surface area contributed by atoms with Crippen molar-refractivity contribution in [1.82, 2.24) is 0 Å². The van der Waals surface area contributed by atoms with Crippen molar-refractivity contribution in [2.24, 2.45) is 0 Å². The zero-order valence-corrected chi connectivity index (χ0v) is 6.64. The van der Waals surface area contributed by atoms with Gasteiger partial charge in [-0.2, -0.15) is 0 Å². The van der Waals surface area contributed by atoms with Crippen LogP contribution in [0.5, 0.6) is 0 Å². The predicted molar refractivity (Wildman–Crippen MR) is 46.5 cm³/mol. The molecule has 0 amide bonds. The first kappa shape index (κ1) is 8.98. The van der Waals surface area contributed by atoms with E-state index in [0.717, 1.165) is 0 Å². The summed E-state index contributed by atoms with van der Waals surface area (Å²) in [5.41, 5.74) is 0.0463. The van der Waals surface area contributed by atoms with Gasteiger partial charge in [-0.25, -0.2) is 8.78 Å². The lowest BCUT2D eigenvalue weighted by Crippen LogP contribution is -2.11. The van der Waals surface area contributed by atoms with Crippen molar-refractivity contribution in [2.75, 3.05) is 0 Å². The number of rotatable bonds is 1. The van der Waals surface area contributed by atoms with E-state index in [0.29, 0.717) is 0 Å². The Morgan fingerprint density at radius 1 is 1.25 bits per heavy atom. The molecule has 12 heavy (non-hydrogen) atoms. The minimum atomic E-state index is -0.981. The maximum absolute atomic E-state index is 12.9. The van der Waals surface area contributed by atoms with E-state index < -0.39 is 11.6 Å². The predicted octanol–water partition coefficient (Wildman–Crippen LogP) is 1.79. The van der Waals surface area contributed by atoms with Crippen LogP contribution in [0.25, 0.3) is 6.08 Å². The van der Waals surface area contributed by atoms with Crippen LogP contribution in [0.1, 0.15) is 12.5 Å². The molecule has 1 aromatic carbocycles. The smallest absolute Gasteiger partial charge is 0.165 e. The van der Waals surface area contributed by atoms with Crippen molar-refractivity contribution in [3.05, 3.63) is 35.4 Å². The molecule has 0 aliphatic heterocycles. The first-order chi connectivity index (χ1) is 5.66. The van der Waals surface area contributed by atoms with Crippen molar-refractivity contribution >= 4 is 19.4 Å². The molecule has 0 N–H and O–H groups in total. The number of benzene rings is 1. The van der Waals surface area contributed by atoms with Gasteiger partial charge >= 0.3 is 0 Å². The summed E-state index contributed by atoms with van der Waals surface area (Å²) < 4.78 is 25.7. The summed E-state index contributed by atoms with van der Waals surface area (Å²) in [4.78, 5) is 0. The highest BCUT2D eigenvalue weighted by atomic mass is 19.2. The lowest BCUT2D eigenvalue weighted by atomic mass is 9.94. The lowest BCUT2D eigenvalue weighted by Gasteiger charge is -2.00. The molecular formula is C9H7BF2. The molecule has 2 radical (unpaired) electrons. The molecule has 0 heterocycles. The van der Waals surface area contributed by atoms with Crippen molar-refractivity contribution in [3.8, 4) is 0 Å². The van der Waals surface area contributed by atoms with Gasteiger partial charge < -0.3 is 0 Å². The molecule has 3 heteroatoms. The quantitative estimate of drug-likeness (QED) is 0.555. The standard InChI is InChI=1S/C9H7BF2/c1-2-3-6-4-5-7(10)9(12)8(6)11/h2-5H,1H3/b3-2+. The molecule has 60 valence electrons. The van der Waals surface area contributed by atoms with E-state index in [2.05, 4.69) is 0 Å². The highest BCUT2D eigenvalue weighted by Gasteiger charge is 2.07. The van der Waals surface area contributed by atoms with Gasteiger partial charge in [0.1, 0.15) is 7.85 Å². The Morgan fingerprint density at radius 3 is 2.50 bits per heavy atom. The van der Waals surface area contributed by atoms with Gasteiger partial charge in [0, 0.05) is 5.56 Å². The first-order valence-electron chi connectivity index (χ1n) is 3.53. The summed E-state index contributed by atoms with van der Waals surface area (Å²) >= 11 is 0. The average Bonchev–Trinajstić information content (AvgIpc) is 2.07. The number of hydrogen-bond acceptors (Lipinski definition) is 0. The third kappa shape index (κ3) is 1.55. The maximum atomic E-state index is 12.9. The Hall–Kier alpha value is -1.12. The van der Waals surface area contributed by atoms with Gasteiger partial charge in [0.25, 0.3) is 0 Å². The average molecular weight is 164 g/mol. The molecule has 0 aromatic heterocycles. The third-order valence-corrected chi connectivity index (χ3v) is 1.49. The Bertz CT molecular complexity index is 319. The normalized spacial score (nSPS) is 10.9. The summed E-state index contributed by atoms with van der Waals surface area (Å²) in [5.74, 6) is -1.88. The highest BCUT2D eigenvalue weighted by molar-refractivity contribution is 6.32. The van der Waals surface area contributed by atoms with Gasteiger partial charge in [-0.05, 0) is 6.92 Å². The Balaban J connectivity index is 3.26. The number of allylic oxidation sites excluding steroid dienone is 1. The van der Waals surface area contributed by atoms with Crippen LogP contribution in [0, 0.1) is 11.6 Å². The van der Waals surface area contributed by atoms with Crippen LogP contribution < -0.4 is 5.46 Å². The van der Waals surface area contributed by atoms with E-state index >= 15 is 0 Å². The van der Waals surface area contributed by atoms with Crippen LogP contribution in [0.4, 0.5) is 8.78 Å². The number of halogens is 2. The monoisotopic (exact) mass is 164 g/mol. The Morgan fingerprint density at radius 2 is 1.92 bits per heavy atom. The molecule has 0 saturated carbocycles. The molecule has 0 nitrogen and oxygen atoms in total. The van der Waals surface area contributed by atoms with Gasteiger partial charge in [-0.15, -0.1) is 0 Å². The Labute approximate surface area is 71.3 Å². The van der Waals surface area contributed by atoms with Crippen LogP contribution in [-0.4, -0.2) is 7.85 Å². The van der Waals surface area contributed by atoms with Crippen LogP contribution in [0.2, 0.25) is 0 Å². The van der Waals surface area contributed by atoms with Crippen LogP contribution in [0.3, 0.4) is 0 Å². The largest absolute Gasteiger partial charge is 0.204 e. The molecule has 0 spiro atoms. The van der Waals surface area contributed by atoms with Crippen molar-refractivity contribution in [3.63, 3.8) is 0 Å². The van der Waals surface area contributed by atoms with E-state index in [9.17, 15) is 8.78 Å². The molecule has 0 bridgehead atoms. The first-order valence-corrected chi connectivity index (χ1v) is 3.53. The van der Waals surface area contributed by atoms with Crippen molar-refractivity contribution in [2.45, 2.75) is 6.92 Å². The second kappa shape index (κ2) is 3.52. The van der Waals surface area contributed by atoms with Crippen molar-refractivity contribution in [1.29, 1.82) is 0 Å². The van der Waals surface area contributed by atoms with Crippen LogP contribution in [-0.2, 0) is 0 Å². The zero-order chi connectivity index (χ0) is 9.14. The van der Waals surface area contributed by atoms with E-state index in [4.69, 9.17) is 7.85 Å². The molecular weight excluding hydrogens is 157 g/mol. The molecule has 0 aliphatic rings. The van der Waals surface area contributed by atoms with E-state index in [1.807, 2.05) is 0 Å². The fraction of sp³-hybridized carbons (Fsp3) is 0.111. The molecule has 1 rings (SSSR count). The van der Waals surface area contributed by atoms with Gasteiger partial charge in [0.2, 0.25) is 0 Å². The maximum Gasteiger partial charge on any atom is 0.165 e. The minimum Gasteiger partial charge on any atom is -0.204 e. The van der Waals surface area contributed by atoms with Crippen molar-refractivity contribution < 1.29 is 8.78 Å². The molecule has 0 unspecified atom stereocenters. The van der Waals surface area contributed by atoms with Crippen LogP contribution >= 0.6 is 0 Å². The molecule has 0 saturated heterocycles. The number of hydrogen-bond donors (Lipinski definition) is 0. The summed E-state index contributed by atoms with van der Waals surface area (Å²) in [6.07, 6.45) is 3.12. The van der Waals surface area contributed by atoms with Crippen LogP contribution in [0.15, 0.2) is 18.2 Å². The Kier molecular flexibility index (Phi) is 2.63. The molecule has 0 atom stereocenters. The summed E-state index contributed by atoms with van der Waals surface area (Å²) in [6.45, 7) is 1.73. The fourth-order valence-corrected chi connectivity index (χ4v) is 0.888. The van der Waals surface area contributed by atoms with E-state index in [1.165, 1.54) is 18.2 Å². The summed E-state index contributed by atoms with van der Waals surface area (Å²) in [7, 11) is 5.15. The SMILES string of the molecule is [B]c1ccc(/C=C/C)c(F)c1F. The molecule has 0 fully saturated rings. The van der Waals surface area contributed by atoms with Gasteiger partial charge in [-0.1, -0.05) is 29.7 Å². The summed E-state index contributed by atoms with van der Waals surface area (Å²) in [6, 6.07) is 2.78. The molecule has 0 aliphatic carbocycles. The third-order valence-electron chi connectivity index (χ3n) is 1.49. The second-order valence-corrected chi connectivity index (χ2v) is 2.37. The topological polar surface area (TPSA) is 0 Å². The lowest BCUT2D eigenvalue weighted by molar-refractivity contribution is 0.512. The summed E-state index contributed by atoms with van der Waals surface area (Å²) in [5, 5.41) is 0. The van der Waals surface area contributed by atoms with Gasteiger partial charge in [-0.3, -0.25) is 0 Å². The highest BCUT2D eigenvalue weighted by Crippen LogP contribution is 2.10. The van der Waals surface area contributed by atoms with E-state index in [-0.39, 0.29) is 11.0 Å². The minimum absolute atomic E-state index is 0.166. The second-order valence-electron chi connectivity index (χ2n) is 2.37. The molecule has 1 aromatic rings. The zero-order valence-electron chi connectivity index (χ0n) is 6.64. The van der Waals surface area contributed by atoms with Gasteiger partial charge in [0.05, 0.1) is 0 Å².